The van der Waals surface area contributed by atoms with Crippen LogP contribution in [-0.4, -0.2) is 4.98 Å². The van der Waals surface area contributed by atoms with Gasteiger partial charge in [-0.25, -0.2) is 13.8 Å². The summed E-state index contributed by atoms with van der Waals surface area (Å²) in [5.74, 6) is -1.18. The monoisotopic (exact) mass is 254 g/mol. The number of pyridine rings is 1. The first-order valence-corrected chi connectivity index (χ1v) is 5.46. The van der Waals surface area contributed by atoms with Crippen molar-refractivity contribution in [3.63, 3.8) is 0 Å². The van der Waals surface area contributed by atoms with Crippen molar-refractivity contribution in [2.45, 2.75) is 5.88 Å². The zero-order valence-corrected chi connectivity index (χ0v) is 9.51. The van der Waals surface area contributed by atoms with Crippen LogP contribution >= 0.6 is 11.6 Å². The lowest BCUT2D eigenvalue weighted by molar-refractivity contribution is 0.576. The van der Waals surface area contributed by atoms with Crippen LogP contribution < -0.4 is 5.32 Å². The minimum atomic E-state index is -0.741. The van der Waals surface area contributed by atoms with Gasteiger partial charge in [0, 0.05) is 17.6 Å². The van der Waals surface area contributed by atoms with Gasteiger partial charge in [0.1, 0.15) is 5.82 Å². The van der Waals surface area contributed by atoms with Crippen LogP contribution in [0.1, 0.15) is 5.56 Å². The summed E-state index contributed by atoms with van der Waals surface area (Å²) in [5.41, 5.74) is 1.47. The van der Waals surface area contributed by atoms with E-state index in [1.165, 1.54) is 0 Å². The Morgan fingerprint density at radius 3 is 2.71 bits per heavy atom. The fraction of sp³-hybridized carbons (Fsp3) is 0.0833. The van der Waals surface area contributed by atoms with E-state index in [9.17, 15) is 8.78 Å². The zero-order valence-electron chi connectivity index (χ0n) is 8.75. The highest BCUT2D eigenvalue weighted by Crippen LogP contribution is 2.22. The van der Waals surface area contributed by atoms with Gasteiger partial charge in [0.2, 0.25) is 0 Å². The number of rotatable bonds is 3. The molecule has 17 heavy (non-hydrogen) atoms. The van der Waals surface area contributed by atoms with Crippen LogP contribution in [-0.2, 0) is 5.88 Å². The molecular weight excluding hydrogens is 246 g/mol. The van der Waals surface area contributed by atoms with Crippen molar-refractivity contribution in [2.24, 2.45) is 0 Å². The zero-order chi connectivity index (χ0) is 12.3. The third kappa shape index (κ3) is 2.71. The molecule has 0 saturated heterocycles. The summed E-state index contributed by atoms with van der Waals surface area (Å²) in [6.45, 7) is 0. The summed E-state index contributed by atoms with van der Waals surface area (Å²) >= 11 is 5.75. The normalized spacial score (nSPS) is 10.3. The fourth-order valence-electron chi connectivity index (χ4n) is 1.39. The molecule has 1 aromatic heterocycles. The SMILES string of the molecule is Fc1cnc(Nc2ccccc2CCl)c(F)c1. The Morgan fingerprint density at radius 1 is 1.24 bits per heavy atom. The molecule has 1 aromatic carbocycles. The molecule has 0 aliphatic carbocycles. The second kappa shape index (κ2) is 5.10. The van der Waals surface area contributed by atoms with E-state index in [4.69, 9.17) is 11.6 Å². The Balaban J connectivity index is 2.31. The molecule has 2 aromatic rings. The smallest absolute Gasteiger partial charge is 0.168 e. The standard InChI is InChI=1S/C12H9ClF2N2/c13-6-8-3-1-2-4-11(8)17-12-10(15)5-9(14)7-16-12/h1-5,7H,6H2,(H,16,17). The Kier molecular flexibility index (Phi) is 3.54. The van der Waals surface area contributed by atoms with Gasteiger partial charge in [-0.3, -0.25) is 0 Å². The van der Waals surface area contributed by atoms with Gasteiger partial charge in [0.05, 0.1) is 6.20 Å². The Hall–Kier alpha value is -1.68. The number of anilines is 2. The second-order valence-electron chi connectivity index (χ2n) is 3.40. The molecule has 0 radical (unpaired) electrons. The molecule has 2 nitrogen and oxygen atoms in total. The molecule has 0 fully saturated rings. The summed E-state index contributed by atoms with van der Waals surface area (Å²) in [6.07, 6.45) is 0.953. The van der Waals surface area contributed by atoms with E-state index >= 15 is 0 Å². The van der Waals surface area contributed by atoms with Crippen LogP contribution in [0.3, 0.4) is 0 Å². The first-order chi connectivity index (χ1) is 8.20. The topological polar surface area (TPSA) is 24.9 Å². The van der Waals surface area contributed by atoms with Gasteiger partial charge in [-0.1, -0.05) is 18.2 Å². The summed E-state index contributed by atoms with van der Waals surface area (Å²) in [4.78, 5) is 3.64. The van der Waals surface area contributed by atoms with Crippen molar-refractivity contribution in [1.29, 1.82) is 0 Å². The highest BCUT2D eigenvalue weighted by Gasteiger charge is 2.07. The summed E-state index contributed by atoms with van der Waals surface area (Å²) in [5, 5.41) is 2.78. The molecule has 0 saturated carbocycles. The summed E-state index contributed by atoms with van der Waals surface area (Å²) in [6, 6.07) is 7.97. The number of hydrogen-bond donors (Lipinski definition) is 1. The molecular formula is C12H9ClF2N2. The molecule has 88 valence electrons. The van der Waals surface area contributed by atoms with Crippen molar-refractivity contribution in [3.05, 3.63) is 53.7 Å². The van der Waals surface area contributed by atoms with Crippen LogP contribution in [0.25, 0.3) is 0 Å². The maximum Gasteiger partial charge on any atom is 0.168 e. The molecule has 2 rings (SSSR count). The predicted octanol–water partition coefficient (Wildman–Crippen LogP) is 3.84. The Morgan fingerprint density at radius 2 is 2.00 bits per heavy atom. The molecule has 0 bridgehead atoms. The lowest BCUT2D eigenvalue weighted by Gasteiger charge is -2.09. The van der Waals surface area contributed by atoms with Crippen LogP contribution in [0.2, 0.25) is 0 Å². The van der Waals surface area contributed by atoms with E-state index in [0.29, 0.717) is 11.6 Å². The lowest BCUT2D eigenvalue weighted by atomic mass is 10.2. The number of nitrogens with zero attached hydrogens (tertiary/aromatic N) is 1. The van der Waals surface area contributed by atoms with Crippen LogP contribution in [0.5, 0.6) is 0 Å². The van der Waals surface area contributed by atoms with Gasteiger partial charge >= 0.3 is 0 Å². The summed E-state index contributed by atoms with van der Waals surface area (Å²) < 4.78 is 26.1. The molecule has 5 heteroatoms. The highest BCUT2D eigenvalue weighted by molar-refractivity contribution is 6.17. The van der Waals surface area contributed by atoms with Crippen molar-refractivity contribution in [1.82, 2.24) is 4.98 Å². The number of aromatic nitrogens is 1. The average Bonchev–Trinajstić information content (AvgIpc) is 2.33. The lowest BCUT2D eigenvalue weighted by Crippen LogP contribution is -2.00. The minimum Gasteiger partial charge on any atom is -0.338 e. The Labute approximate surface area is 102 Å². The molecule has 0 amide bonds. The number of hydrogen-bond acceptors (Lipinski definition) is 2. The van der Waals surface area contributed by atoms with Gasteiger partial charge in [-0.15, -0.1) is 11.6 Å². The van der Waals surface area contributed by atoms with Crippen molar-refractivity contribution >= 4 is 23.1 Å². The quantitative estimate of drug-likeness (QED) is 0.842. The van der Waals surface area contributed by atoms with Gasteiger partial charge in [-0.05, 0) is 11.6 Å². The number of alkyl halides is 1. The van der Waals surface area contributed by atoms with Gasteiger partial charge < -0.3 is 5.32 Å². The van der Waals surface area contributed by atoms with E-state index in [1.807, 2.05) is 12.1 Å². The molecule has 1 heterocycles. The average molecular weight is 255 g/mol. The van der Waals surface area contributed by atoms with Crippen molar-refractivity contribution in [3.8, 4) is 0 Å². The number of nitrogens with one attached hydrogen (secondary N) is 1. The first-order valence-electron chi connectivity index (χ1n) is 4.92. The van der Waals surface area contributed by atoms with Crippen LogP contribution in [0.4, 0.5) is 20.3 Å². The van der Waals surface area contributed by atoms with E-state index in [1.54, 1.807) is 12.1 Å². The molecule has 1 N–H and O–H groups in total. The third-order valence-corrected chi connectivity index (χ3v) is 2.51. The van der Waals surface area contributed by atoms with Gasteiger partial charge in [0.25, 0.3) is 0 Å². The second-order valence-corrected chi connectivity index (χ2v) is 3.67. The predicted molar refractivity (Wildman–Crippen MR) is 63.4 cm³/mol. The molecule has 0 aliphatic heterocycles. The maximum atomic E-state index is 13.4. The molecule has 0 aliphatic rings. The summed E-state index contributed by atoms with van der Waals surface area (Å²) in [7, 11) is 0. The first kappa shape index (κ1) is 11.8. The van der Waals surface area contributed by atoms with Gasteiger partial charge in [0.15, 0.2) is 11.6 Å². The maximum absolute atomic E-state index is 13.4. The number of benzene rings is 1. The van der Waals surface area contributed by atoms with E-state index in [0.717, 1.165) is 17.8 Å². The number of halogens is 3. The number of para-hydroxylation sites is 1. The van der Waals surface area contributed by atoms with Crippen molar-refractivity contribution in [2.75, 3.05) is 5.32 Å². The molecule has 0 atom stereocenters. The highest BCUT2D eigenvalue weighted by atomic mass is 35.5. The molecule has 0 unspecified atom stereocenters. The Bertz CT molecular complexity index is 532. The van der Waals surface area contributed by atoms with Crippen LogP contribution in [0, 0.1) is 11.6 Å². The fourth-order valence-corrected chi connectivity index (χ4v) is 1.63. The van der Waals surface area contributed by atoms with Crippen molar-refractivity contribution < 1.29 is 8.78 Å². The minimum absolute atomic E-state index is 0.0241. The van der Waals surface area contributed by atoms with Gasteiger partial charge in [-0.2, -0.15) is 0 Å². The van der Waals surface area contributed by atoms with E-state index in [2.05, 4.69) is 10.3 Å². The largest absolute Gasteiger partial charge is 0.338 e. The van der Waals surface area contributed by atoms with E-state index < -0.39 is 11.6 Å². The molecule has 0 spiro atoms. The van der Waals surface area contributed by atoms with E-state index in [-0.39, 0.29) is 5.82 Å². The third-order valence-electron chi connectivity index (χ3n) is 2.22. The van der Waals surface area contributed by atoms with Crippen LogP contribution in [0.15, 0.2) is 36.5 Å².